The summed E-state index contributed by atoms with van der Waals surface area (Å²) in [5, 5.41) is 19.1. The molecule has 1 aliphatic heterocycles. The topological polar surface area (TPSA) is 83.8 Å². The van der Waals surface area contributed by atoms with Crippen LogP contribution >= 0.6 is 0 Å². The summed E-state index contributed by atoms with van der Waals surface area (Å²) in [7, 11) is 0. The van der Waals surface area contributed by atoms with Crippen molar-refractivity contribution in [1.29, 1.82) is 0 Å². The van der Waals surface area contributed by atoms with Crippen LogP contribution in [0.2, 0.25) is 0 Å². The number of Topliss-reactive ketones (excluding diaryl/α,β-unsaturated/α-hetero) is 1. The third-order valence-electron chi connectivity index (χ3n) is 3.11. The van der Waals surface area contributed by atoms with Crippen molar-refractivity contribution < 1.29 is 24.5 Å². The molecule has 2 aromatic carbocycles. The molecule has 0 radical (unpaired) electrons. The maximum Gasteiger partial charge on any atom is 0.347 e. The van der Waals surface area contributed by atoms with E-state index < -0.39 is 11.8 Å². The minimum Gasteiger partial charge on any atom is -0.508 e. The first kappa shape index (κ1) is 12.9. The number of phenolic OH excluding ortho intramolecular Hbond substituents is 2. The number of ketones is 1. The molecule has 5 nitrogen and oxygen atoms in total. The number of esters is 1. The van der Waals surface area contributed by atoms with Crippen molar-refractivity contribution in [1.82, 2.24) is 0 Å². The SMILES string of the molecule is O=C1Oc2cc(O)ccc2C(=O)/C1=C/c1ccccc1O. The van der Waals surface area contributed by atoms with Crippen LogP contribution in [0.15, 0.2) is 48.0 Å². The smallest absolute Gasteiger partial charge is 0.347 e. The number of benzene rings is 2. The predicted molar refractivity (Wildman–Crippen MR) is 74.2 cm³/mol. The second kappa shape index (κ2) is 4.79. The second-order valence-corrected chi connectivity index (χ2v) is 4.52. The van der Waals surface area contributed by atoms with Crippen molar-refractivity contribution >= 4 is 17.8 Å². The van der Waals surface area contributed by atoms with Gasteiger partial charge in [0, 0.05) is 11.6 Å². The maximum atomic E-state index is 12.3. The van der Waals surface area contributed by atoms with E-state index in [1.807, 2.05) is 0 Å². The summed E-state index contributed by atoms with van der Waals surface area (Å²) in [4.78, 5) is 24.2. The number of carbonyl (C=O) groups is 2. The van der Waals surface area contributed by atoms with Gasteiger partial charge in [-0.25, -0.2) is 4.79 Å². The number of aromatic hydroxyl groups is 2. The van der Waals surface area contributed by atoms with Gasteiger partial charge >= 0.3 is 5.97 Å². The molecule has 0 fully saturated rings. The Morgan fingerprint density at radius 2 is 1.76 bits per heavy atom. The molecule has 5 heteroatoms. The zero-order chi connectivity index (χ0) is 15.0. The molecule has 0 amide bonds. The summed E-state index contributed by atoms with van der Waals surface area (Å²) in [6.07, 6.45) is 1.29. The number of phenols is 2. The molecule has 0 aliphatic carbocycles. The van der Waals surface area contributed by atoms with E-state index in [4.69, 9.17) is 4.74 Å². The van der Waals surface area contributed by atoms with Gasteiger partial charge in [0.15, 0.2) is 0 Å². The van der Waals surface area contributed by atoms with Gasteiger partial charge in [-0.2, -0.15) is 0 Å². The summed E-state index contributed by atoms with van der Waals surface area (Å²) in [6, 6.07) is 10.3. The third-order valence-corrected chi connectivity index (χ3v) is 3.11. The lowest BCUT2D eigenvalue weighted by atomic mass is 9.97. The number of hydrogen-bond acceptors (Lipinski definition) is 5. The van der Waals surface area contributed by atoms with E-state index in [0.717, 1.165) is 0 Å². The number of carbonyl (C=O) groups excluding carboxylic acids is 2. The van der Waals surface area contributed by atoms with Crippen LogP contribution in [-0.4, -0.2) is 22.0 Å². The molecule has 0 bridgehead atoms. The van der Waals surface area contributed by atoms with Crippen molar-refractivity contribution in [3.63, 3.8) is 0 Å². The Balaban J connectivity index is 2.09. The monoisotopic (exact) mass is 282 g/mol. The Morgan fingerprint density at radius 3 is 2.52 bits per heavy atom. The minimum absolute atomic E-state index is 0.0273. The molecule has 0 aromatic heterocycles. The van der Waals surface area contributed by atoms with E-state index in [2.05, 4.69) is 0 Å². The molecule has 3 rings (SSSR count). The van der Waals surface area contributed by atoms with Crippen LogP contribution in [-0.2, 0) is 4.79 Å². The molecule has 1 heterocycles. The Hall–Kier alpha value is -3.08. The van der Waals surface area contributed by atoms with Crippen molar-refractivity contribution in [3.8, 4) is 17.2 Å². The van der Waals surface area contributed by atoms with Crippen molar-refractivity contribution in [3.05, 3.63) is 59.2 Å². The fourth-order valence-corrected chi connectivity index (χ4v) is 2.07. The van der Waals surface area contributed by atoms with Crippen molar-refractivity contribution in [2.45, 2.75) is 0 Å². The highest BCUT2D eigenvalue weighted by molar-refractivity contribution is 6.30. The van der Waals surface area contributed by atoms with Gasteiger partial charge in [0.25, 0.3) is 0 Å². The zero-order valence-electron chi connectivity index (χ0n) is 10.7. The molecule has 2 aromatic rings. The lowest BCUT2D eigenvalue weighted by molar-refractivity contribution is -0.130. The summed E-state index contributed by atoms with van der Waals surface area (Å²) in [6.45, 7) is 0. The lowest BCUT2D eigenvalue weighted by Gasteiger charge is -2.17. The fourth-order valence-electron chi connectivity index (χ4n) is 2.07. The molecular weight excluding hydrogens is 272 g/mol. The second-order valence-electron chi connectivity index (χ2n) is 4.52. The van der Waals surface area contributed by atoms with Crippen LogP contribution < -0.4 is 4.74 Å². The lowest BCUT2D eigenvalue weighted by Crippen LogP contribution is -2.24. The quantitative estimate of drug-likeness (QED) is 0.363. The first-order valence-corrected chi connectivity index (χ1v) is 6.16. The van der Waals surface area contributed by atoms with Gasteiger partial charge in [-0.1, -0.05) is 18.2 Å². The molecular formula is C16H10O5. The number of para-hydroxylation sites is 1. The Kier molecular flexibility index (Phi) is 2.95. The summed E-state index contributed by atoms with van der Waals surface area (Å²) in [5.74, 6) is -1.44. The predicted octanol–water partition coefficient (Wildman–Crippen LogP) is 2.28. The first-order chi connectivity index (χ1) is 10.1. The van der Waals surface area contributed by atoms with E-state index in [1.54, 1.807) is 18.2 Å². The van der Waals surface area contributed by atoms with Crippen LogP contribution in [0.4, 0.5) is 0 Å². The number of hydrogen-bond donors (Lipinski definition) is 2. The molecule has 0 atom stereocenters. The first-order valence-electron chi connectivity index (χ1n) is 6.16. The molecule has 1 aliphatic rings. The molecule has 21 heavy (non-hydrogen) atoms. The fraction of sp³-hybridized carbons (Fsp3) is 0. The molecule has 104 valence electrons. The third kappa shape index (κ3) is 2.25. The van der Waals surface area contributed by atoms with Gasteiger partial charge in [-0.05, 0) is 24.3 Å². The van der Waals surface area contributed by atoms with Gasteiger partial charge in [0.2, 0.25) is 5.78 Å². The molecule has 0 unspecified atom stereocenters. The molecule has 0 saturated carbocycles. The van der Waals surface area contributed by atoms with E-state index >= 15 is 0 Å². The van der Waals surface area contributed by atoms with Gasteiger partial charge in [0.05, 0.1) is 5.56 Å². The number of ether oxygens (including phenoxy) is 1. The maximum absolute atomic E-state index is 12.3. The standard InChI is InChI=1S/C16H10O5/c17-10-5-6-11-14(8-10)21-16(20)12(15(11)19)7-9-3-1-2-4-13(9)18/h1-8,17-18H/b12-7-. The number of rotatable bonds is 1. The van der Waals surface area contributed by atoms with E-state index in [1.165, 1.54) is 30.3 Å². The minimum atomic E-state index is -0.818. The summed E-state index contributed by atoms with van der Waals surface area (Å²) >= 11 is 0. The Labute approximate surface area is 119 Å². The average Bonchev–Trinajstić information content (AvgIpc) is 2.45. The largest absolute Gasteiger partial charge is 0.508 e. The van der Waals surface area contributed by atoms with E-state index in [9.17, 15) is 19.8 Å². The zero-order valence-corrected chi connectivity index (χ0v) is 10.7. The van der Waals surface area contributed by atoms with Gasteiger partial charge in [-0.3, -0.25) is 4.79 Å². The van der Waals surface area contributed by atoms with E-state index in [-0.39, 0.29) is 28.4 Å². The Morgan fingerprint density at radius 1 is 1.00 bits per heavy atom. The van der Waals surface area contributed by atoms with Crippen molar-refractivity contribution in [2.75, 3.05) is 0 Å². The summed E-state index contributed by atoms with van der Waals surface area (Å²) in [5.41, 5.74) is 0.365. The highest BCUT2D eigenvalue weighted by Gasteiger charge is 2.31. The van der Waals surface area contributed by atoms with Crippen LogP contribution in [0.1, 0.15) is 15.9 Å². The van der Waals surface area contributed by atoms with E-state index in [0.29, 0.717) is 5.56 Å². The normalized spacial score (nSPS) is 15.7. The highest BCUT2D eigenvalue weighted by Crippen LogP contribution is 2.32. The van der Waals surface area contributed by atoms with Crippen LogP contribution in [0.25, 0.3) is 6.08 Å². The Bertz CT molecular complexity index is 789. The van der Waals surface area contributed by atoms with Crippen LogP contribution in [0, 0.1) is 0 Å². The van der Waals surface area contributed by atoms with Gasteiger partial charge < -0.3 is 14.9 Å². The van der Waals surface area contributed by atoms with Crippen LogP contribution in [0.3, 0.4) is 0 Å². The molecule has 2 N–H and O–H groups in total. The highest BCUT2D eigenvalue weighted by atomic mass is 16.5. The average molecular weight is 282 g/mol. The van der Waals surface area contributed by atoms with Gasteiger partial charge in [0.1, 0.15) is 22.8 Å². The summed E-state index contributed by atoms with van der Waals surface area (Å²) < 4.78 is 5.04. The molecule has 0 saturated heterocycles. The van der Waals surface area contributed by atoms with Crippen molar-refractivity contribution in [2.24, 2.45) is 0 Å². The van der Waals surface area contributed by atoms with Gasteiger partial charge in [-0.15, -0.1) is 0 Å². The number of fused-ring (bicyclic) bond motifs is 1. The van der Waals surface area contributed by atoms with Crippen LogP contribution in [0.5, 0.6) is 17.2 Å². The molecule has 0 spiro atoms.